The fraction of sp³-hybridized carbons (Fsp3) is 1.00. The second kappa shape index (κ2) is 7.85. The molecule has 6 N–H and O–H groups in total. The Morgan fingerprint density at radius 3 is 2.25 bits per heavy atom. The Morgan fingerprint density at radius 1 is 1.19 bits per heavy atom. The van der Waals surface area contributed by atoms with Gasteiger partial charge in [-0.2, -0.15) is 0 Å². The van der Waals surface area contributed by atoms with Crippen LogP contribution in [0.25, 0.3) is 0 Å². The van der Waals surface area contributed by atoms with Gasteiger partial charge in [-0.3, -0.25) is 0 Å². The zero-order valence-corrected chi connectivity index (χ0v) is 11.5. The summed E-state index contributed by atoms with van der Waals surface area (Å²) in [6.07, 6.45) is 2.25. The molecule has 0 spiro atoms. The molecular formula is C8H23NO5P2. The fourth-order valence-electron chi connectivity index (χ4n) is 1.28. The van der Waals surface area contributed by atoms with Gasteiger partial charge in [0.2, 0.25) is 0 Å². The summed E-state index contributed by atoms with van der Waals surface area (Å²) in [4.78, 5) is 35.9. The molecule has 0 rings (SSSR count). The van der Waals surface area contributed by atoms with E-state index in [1.165, 1.54) is 0 Å². The summed E-state index contributed by atoms with van der Waals surface area (Å²) in [7, 11) is -5.77. The van der Waals surface area contributed by atoms with E-state index in [1.54, 1.807) is 0 Å². The van der Waals surface area contributed by atoms with E-state index in [-0.39, 0.29) is 6.42 Å². The standard InChI is InChI=1S/C8H23NO5P2/c1-2-9-7-5-3-4-6-8(10,15-11)16(12,13)14/h9-16H,2-7H2,1H3. The SMILES string of the molecule is CCNCCCCCC(O)(PO)[PH](O)(O)O. The molecule has 0 aliphatic rings. The minimum atomic E-state index is -4.68. The Bertz CT molecular complexity index is 190. The molecule has 100 valence electrons. The van der Waals surface area contributed by atoms with Gasteiger partial charge in [-0.05, 0) is 0 Å². The van der Waals surface area contributed by atoms with Gasteiger partial charge in [-0.15, -0.1) is 0 Å². The molecule has 0 aromatic heterocycles. The van der Waals surface area contributed by atoms with E-state index in [4.69, 9.17) is 19.6 Å². The summed E-state index contributed by atoms with van der Waals surface area (Å²) >= 11 is 0. The van der Waals surface area contributed by atoms with Gasteiger partial charge in [0.15, 0.2) is 0 Å². The Kier molecular flexibility index (Phi) is 8.16. The van der Waals surface area contributed by atoms with Crippen LogP contribution in [0.15, 0.2) is 0 Å². The molecule has 0 heterocycles. The number of hydrogen-bond donors (Lipinski definition) is 6. The van der Waals surface area contributed by atoms with Crippen LogP contribution >= 0.6 is 16.8 Å². The number of nitrogens with one attached hydrogen (secondary N) is 1. The molecule has 0 amide bonds. The first kappa shape index (κ1) is 16.6. The summed E-state index contributed by atoms with van der Waals surface area (Å²) in [5, 5.41) is 10.7. The molecule has 0 radical (unpaired) electrons. The van der Waals surface area contributed by atoms with Crippen LogP contribution in [0, 0.1) is 0 Å². The van der Waals surface area contributed by atoms with Crippen molar-refractivity contribution in [1.29, 1.82) is 0 Å². The van der Waals surface area contributed by atoms with Crippen molar-refractivity contribution in [3.8, 4) is 0 Å². The second-order valence-electron chi connectivity index (χ2n) is 3.77. The first-order valence-electron chi connectivity index (χ1n) is 5.39. The molecule has 0 saturated heterocycles. The minimum absolute atomic E-state index is 0.00376. The van der Waals surface area contributed by atoms with Crippen LogP contribution < -0.4 is 5.32 Å². The summed E-state index contributed by atoms with van der Waals surface area (Å²) in [5.74, 6) is 0. The zero-order chi connectivity index (χ0) is 12.7. The Balaban J connectivity index is 3.80. The molecule has 2 unspecified atom stereocenters. The average molecular weight is 275 g/mol. The van der Waals surface area contributed by atoms with Gasteiger partial charge in [-0.1, -0.05) is 0 Å². The van der Waals surface area contributed by atoms with Gasteiger partial charge >= 0.3 is 97.5 Å². The maximum atomic E-state index is 9.62. The number of rotatable bonds is 9. The maximum absolute atomic E-state index is 9.62. The van der Waals surface area contributed by atoms with Crippen LogP contribution in [0.4, 0.5) is 0 Å². The van der Waals surface area contributed by atoms with Crippen molar-refractivity contribution in [3.05, 3.63) is 0 Å². The van der Waals surface area contributed by atoms with Gasteiger partial charge in [-0.25, -0.2) is 0 Å². The molecule has 8 heteroatoms. The molecular weight excluding hydrogens is 252 g/mol. The van der Waals surface area contributed by atoms with Crippen LogP contribution in [0.3, 0.4) is 0 Å². The molecule has 0 aromatic rings. The Hall–Kier alpha value is 0.620. The summed E-state index contributed by atoms with van der Waals surface area (Å²) in [5.41, 5.74) is 0. The first-order valence-corrected chi connectivity index (χ1v) is 8.17. The van der Waals surface area contributed by atoms with Gasteiger partial charge in [0, 0.05) is 0 Å². The third-order valence-electron chi connectivity index (χ3n) is 2.38. The van der Waals surface area contributed by atoms with E-state index in [2.05, 4.69) is 5.32 Å². The van der Waals surface area contributed by atoms with Gasteiger partial charge < -0.3 is 0 Å². The molecule has 0 fully saturated rings. The van der Waals surface area contributed by atoms with Crippen molar-refractivity contribution in [2.45, 2.75) is 37.7 Å². The summed E-state index contributed by atoms with van der Waals surface area (Å²) in [6.45, 7) is 3.78. The topological polar surface area (TPSA) is 113 Å². The van der Waals surface area contributed by atoms with E-state index in [0.29, 0.717) is 6.42 Å². The third kappa shape index (κ3) is 5.80. The van der Waals surface area contributed by atoms with E-state index < -0.39 is 21.8 Å². The average Bonchev–Trinajstić information content (AvgIpc) is 2.21. The van der Waals surface area contributed by atoms with Crippen molar-refractivity contribution in [3.63, 3.8) is 0 Å². The van der Waals surface area contributed by atoms with Crippen molar-refractivity contribution in [2.75, 3.05) is 13.1 Å². The number of unbranched alkanes of at least 4 members (excludes halogenated alkanes) is 2. The van der Waals surface area contributed by atoms with Crippen molar-refractivity contribution >= 4 is 16.8 Å². The van der Waals surface area contributed by atoms with Crippen LogP contribution in [0.5, 0.6) is 0 Å². The van der Waals surface area contributed by atoms with Crippen molar-refractivity contribution < 1.29 is 24.7 Å². The van der Waals surface area contributed by atoms with Crippen LogP contribution in [0.1, 0.15) is 32.6 Å². The first-order chi connectivity index (χ1) is 7.37. The van der Waals surface area contributed by atoms with Gasteiger partial charge in [0.25, 0.3) is 0 Å². The van der Waals surface area contributed by atoms with Gasteiger partial charge in [0.05, 0.1) is 0 Å². The van der Waals surface area contributed by atoms with Crippen molar-refractivity contribution in [1.82, 2.24) is 5.32 Å². The molecule has 0 bridgehead atoms. The van der Waals surface area contributed by atoms with Gasteiger partial charge in [0.1, 0.15) is 0 Å². The molecule has 16 heavy (non-hydrogen) atoms. The normalized spacial score (nSPS) is 17.9. The van der Waals surface area contributed by atoms with E-state index in [9.17, 15) is 5.11 Å². The monoisotopic (exact) mass is 275 g/mol. The van der Waals surface area contributed by atoms with E-state index in [1.807, 2.05) is 6.92 Å². The third-order valence-corrected chi connectivity index (χ3v) is 5.70. The number of hydrogen-bond acceptors (Lipinski definition) is 6. The zero-order valence-electron chi connectivity index (χ0n) is 9.48. The number of aliphatic hydroxyl groups is 1. The van der Waals surface area contributed by atoms with E-state index in [0.717, 1.165) is 25.9 Å². The van der Waals surface area contributed by atoms with Crippen LogP contribution in [-0.2, 0) is 0 Å². The Labute approximate surface area is 98.2 Å². The summed E-state index contributed by atoms with van der Waals surface area (Å²) < 4.78 is 0. The van der Waals surface area contributed by atoms with Crippen LogP contribution in [0.2, 0.25) is 0 Å². The Morgan fingerprint density at radius 2 is 1.81 bits per heavy atom. The fourth-order valence-corrected chi connectivity index (χ4v) is 2.68. The molecule has 6 nitrogen and oxygen atoms in total. The molecule has 0 aliphatic carbocycles. The van der Waals surface area contributed by atoms with E-state index >= 15 is 0 Å². The summed E-state index contributed by atoms with van der Waals surface area (Å²) in [6, 6.07) is 0. The second-order valence-corrected chi connectivity index (χ2v) is 7.42. The molecule has 2 atom stereocenters. The molecule has 0 saturated carbocycles. The predicted octanol–water partition coefficient (Wildman–Crippen LogP) is -0.140. The molecule has 0 aromatic carbocycles. The quantitative estimate of drug-likeness (QED) is 0.258. The van der Waals surface area contributed by atoms with Crippen LogP contribution in [-0.4, -0.2) is 42.9 Å². The predicted molar refractivity (Wildman–Crippen MR) is 67.5 cm³/mol. The molecule has 0 aliphatic heterocycles. The van der Waals surface area contributed by atoms with Crippen molar-refractivity contribution in [2.24, 2.45) is 0 Å².